The molecule has 4 nitrogen and oxygen atoms in total. The summed E-state index contributed by atoms with van der Waals surface area (Å²) in [5.41, 5.74) is 0. The summed E-state index contributed by atoms with van der Waals surface area (Å²) in [7, 11) is 3.87. The van der Waals surface area contributed by atoms with Gasteiger partial charge in [-0.25, -0.2) is 0 Å². The first-order valence-corrected chi connectivity index (χ1v) is 10.6. The molecule has 0 spiro atoms. The molecule has 0 amide bonds. The van der Waals surface area contributed by atoms with Crippen LogP contribution in [0.4, 0.5) is 0 Å². The van der Waals surface area contributed by atoms with E-state index in [-0.39, 0.29) is 5.97 Å². The predicted molar refractivity (Wildman–Crippen MR) is 106 cm³/mol. The lowest BCUT2D eigenvalue weighted by Crippen LogP contribution is -2.23. The number of carbonyl (C=O) groups is 1. The Labute approximate surface area is 156 Å². The highest BCUT2D eigenvalue weighted by Gasteiger charge is 2.10. The minimum atomic E-state index is -0.961. The van der Waals surface area contributed by atoms with Gasteiger partial charge in [0.05, 0.1) is 0 Å². The van der Waals surface area contributed by atoms with Crippen molar-refractivity contribution in [1.29, 1.82) is 0 Å². The molecular weight excluding hydrogens is 314 g/mol. The first-order chi connectivity index (χ1) is 12.1. The summed E-state index contributed by atoms with van der Waals surface area (Å²) in [6, 6.07) is 0. The summed E-state index contributed by atoms with van der Waals surface area (Å²) in [5.74, 6) is -0.269. The zero-order valence-corrected chi connectivity index (χ0v) is 17.1. The lowest BCUT2D eigenvalue weighted by atomic mass is 10.0. The molecule has 0 aliphatic rings. The summed E-state index contributed by atoms with van der Waals surface area (Å²) >= 11 is 0. The molecule has 0 aliphatic heterocycles. The zero-order chi connectivity index (χ0) is 18.8. The third-order valence-electron chi connectivity index (χ3n) is 4.58. The van der Waals surface area contributed by atoms with Gasteiger partial charge in [-0.15, -0.1) is 0 Å². The van der Waals surface area contributed by atoms with E-state index in [1.165, 1.54) is 70.6 Å². The van der Waals surface area contributed by atoms with Crippen molar-refractivity contribution < 1.29 is 14.6 Å². The van der Waals surface area contributed by atoms with E-state index in [9.17, 15) is 9.90 Å². The maximum absolute atomic E-state index is 11.6. The second kappa shape index (κ2) is 18.2. The van der Waals surface area contributed by atoms with E-state index in [4.69, 9.17) is 4.74 Å². The fraction of sp³-hybridized carbons (Fsp3) is 0.952. The Kier molecular flexibility index (Phi) is 17.7. The lowest BCUT2D eigenvalue weighted by molar-refractivity contribution is -0.169. The zero-order valence-electron chi connectivity index (χ0n) is 17.1. The molecule has 0 saturated carbocycles. The highest BCUT2D eigenvalue weighted by molar-refractivity contribution is 5.69. The summed E-state index contributed by atoms with van der Waals surface area (Å²) in [4.78, 5) is 13.6. The van der Waals surface area contributed by atoms with Crippen LogP contribution in [0.3, 0.4) is 0 Å². The van der Waals surface area contributed by atoms with E-state index < -0.39 is 6.29 Å². The van der Waals surface area contributed by atoms with Gasteiger partial charge >= 0.3 is 5.97 Å². The average molecular weight is 358 g/mol. The van der Waals surface area contributed by atoms with Crippen molar-refractivity contribution in [1.82, 2.24) is 4.90 Å². The third-order valence-corrected chi connectivity index (χ3v) is 4.58. The topological polar surface area (TPSA) is 49.8 Å². The quantitative estimate of drug-likeness (QED) is 0.206. The average Bonchev–Trinajstić information content (AvgIpc) is 2.57. The standard InChI is InChI=1S/C21H43NO3/c1-4-5-6-7-8-9-10-11-12-13-14-15-16-17-20(23)25-21(24)18-19-22(2)3/h21,24H,4-19H2,1-3H3. The van der Waals surface area contributed by atoms with Gasteiger partial charge in [0, 0.05) is 19.4 Å². The highest BCUT2D eigenvalue weighted by Crippen LogP contribution is 2.13. The number of esters is 1. The van der Waals surface area contributed by atoms with Crippen LogP contribution in [0.15, 0.2) is 0 Å². The molecule has 0 saturated heterocycles. The number of hydrogen-bond acceptors (Lipinski definition) is 4. The number of aliphatic hydroxyl groups is 1. The van der Waals surface area contributed by atoms with Crippen molar-refractivity contribution in [2.75, 3.05) is 20.6 Å². The number of nitrogens with zero attached hydrogens (tertiary/aromatic N) is 1. The molecule has 150 valence electrons. The summed E-state index contributed by atoms with van der Waals surface area (Å²) in [5, 5.41) is 9.60. The summed E-state index contributed by atoms with van der Waals surface area (Å²) < 4.78 is 5.00. The highest BCUT2D eigenvalue weighted by atomic mass is 16.6. The second-order valence-corrected chi connectivity index (χ2v) is 7.53. The smallest absolute Gasteiger partial charge is 0.308 e. The van der Waals surface area contributed by atoms with Crippen molar-refractivity contribution in [3.8, 4) is 0 Å². The van der Waals surface area contributed by atoms with Crippen molar-refractivity contribution in [2.45, 2.75) is 110 Å². The molecule has 0 rings (SSSR count). The van der Waals surface area contributed by atoms with Gasteiger partial charge in [-0.1, -0.05) is 84.0 Å². The van der Waals surface area contributed by atoms with Crippen LogP contribution < -0.4 is 0 Å². The molecule has 1 N–H and O–H groups in total. The fourth-order valence-corrected chi connectivity index (χ4v) is 2.93. The van der Waals surface area contributed by atoms with E-state index in [0.717, 1.165) is 12.8 Å². The van der Waals surface area contributed by atoms with Crippen molar-refractivity contribution in [3.05, 3.63) is 0 Å². The number of unbranched alkanes of at least 4 members (excludes halogenated alkanes) is 12. The Hall–Kier alpha value is -0.610. The molecule has 0 aromatic heterocycles. The summed E-state index contributed by atoms with van der Waals surface area (Å²) in [6.45, 7) is 2.98. The molecule has 0 bridgehead atoms. The van der Waals surface area contributed by atoms with Crippen molar-refractivity contribution in [2.24, 2.45) is 0 Å². The van der Waals surface area contributed by atoms with Gasteiger partial charge in [-0.05, 0) is 20.5 Å². The molecular formula is C21H43NO3. The molecule has 0 aliphatic carbocycles. The molecule has 0 radical (unpaired) electrons. The van der Waals surface area contributed by atoms with Gasteiger partial charge in [0.1, 0.15) is 0 Å². The first kappa shape index (κ1) is 24.4. The van der Waals surface area contributed by atoms with Gasteiger partial charge < -0.3 is 14.7 Å². The van der Waals surface area contributed by atoms with E-state index in [1.807, 2.05) is 19.0 Å². The normalized spacial score (nSPS) is 12.5. The van der Waals surface area contributed by atoms with Gasteiger partial charge in [0.2, 0.25) is 6.29 Å². The van der Waals surface area contributed by atoms with Crippen LogP contribution in [0.1, 0.15) is 103 Å². The fourth-order valence-electron chi connectivity index (χ4n) is 2.93. The largest absolute Gasteiger partial charge is 0.436 e. The van der Waals surface area contributed by atoms with E-state index in [1.54, 1.807) is 0 Å². The molecule has 1 atom stereocenters. The molecule has 0 fully saturated rings. The van der Waals surface area contributed by atoms with Gasteiger partial charge in [0.25, 0.3) is 0 Å². The maximum Gasteiger partial charge on any atom is 0.308 e. The molecule has 0 aromatic rings. The minimum absolute atomic E-state index is 0.269. The van der Waals surface area contributed by atoms with Crippen LogP contribution in [-0.4, -0.2) is 42.9 Å². The molecule has 25 heavy (non-hydrogen) atoms. The number of hydrogen-bond donors (Lipinski definition) is 1. The van der Waals surface area contributed by atoms with Crippen molar-refractivity contribution in [3.63, 3.8) is 0 Å². The lowest BCUT2D eigenvalue weighted by Gasteiger charge is -2.14. The monoisotopic (exact) mass is 357 g/mol. The van der Waals surface area contributed by atoms with Crippen LogP contribution in [0.2, 0.25) is 0 Å². The van der Waals surface area contributed by atoms with Crippen LogP contribution in [0.5, 0.6) is 0 Å². The first-order valence-electron chi connectivity index (χ1n) is 10.6. The summed E-state index contributed by atoms with van der Waals surface area (Å²) in [6.07, 6.45) is 16.8. The minimum Gasteiger partial charge on any atom is -0.436 e. The Morgan fingerprint density at radius 1 is 0.840 bits per heavy atom. The number of rotatable bonds is 18. The Morgan fingerprint density at radius 2 is 1.28 bits per heavy atom. The van der Waals surface area contributed by atoms with E-state index in [2.05, 4.69) is 6.92 Å². The van der Waals surface area contributed by atoms with Crippen LogP contribution in [-0.2, 0) is 9.53 Å². The Morgan fingerprint density at radius 3 is 1.72 bits per heavy atom. The number of ether oxygens (including phenoxy) is 1. The molecule has 4 heteroatoms. The molecule has 1 unspecified atom stereocenters. The van der Waals surface area contributed by atoms with Gasteiger partial charge in [0.15, 0.2) is 0 Å². The van der Waals surface area contributed by atoms with Crippen LogP contribution in [0, 0.1) is 0 Å². The maximum atomic E-state index is 11.6. The van der Waals surface area contributed by atoms with E-state index >= 15 is 0 Å². The van der Waals surface area contributed by atoms with Crippen molar-refractivity contribution >= 4 is 5.97 Å². The number of carbonyl (C=O) groups excluding carboxylic acids is 1. The van der Waals surface area contributed by atoms with E-state index in [0.29, 0.717) is 19.4 Å². The second-order valence-electron chi connectivity index (χ2n) is 7.53. The van der Waals surface area contributed by atoms with Gasteiger partial charge in [-0.3, -0.25) is 4.79 Å². The van der Waals surface area contributed by atoms with Crippen LogP contribution in [0.25, 0.3) is 0 Å². The van der Waals surface area contributed by atoms with Crippen LogP contribution >= 0.6 is 0 Å². The molecule has 0 aromatic carbocycles. The van der Waals surface area contributed by atoms with Gasteiger partial charge in [-0.2, -0.15) is 0 Å². The third kappa shape index (κ3) is 19.6. The Balaban J connectivity index is 3.25. The molecule has 0 heterocycles. The predicted octanol–water partition coefficient (Wildman–Crippen LogP) is 5.28. The Bertz CT molecular complexity index is 295. The number of aliphatic hydroxyl groups excluding tert-OH is 1. The SMILES string of the molecule is CCCCCCCCCCCCCCCC(=O)OC(O)CCN(C)C.